The monoisotopic (exact) mass is 603 g/mol. The van der Waals surface area contributed by atoms with Crippen LogP contribution in [0.1, 0.15) is 38.9 Å². The molecule has 13 heteroatoms. The minimum Gasteiger partial charge on any atom is -0.355 e. The molecule has 0 fully saturated rings. The third-order valence-corrected chi connectivity index (χ3v) is 7.08. The molecule has 5 rings (SSSR count). The number of halogens is 2. The van der Waals surface area contributed by atoms with Crippen LogP contribution >= 0.6 is 23.2 Å². The van der Waals surface area contributed by atoms with Crippen LogP contribution in [0.3, 0.4) is 0 Å². The van der Waals surface area contributed by atoms with Crippen molar-refractivity contribution in [1.82, 2.24) is 46.1 Å². The molecular weight excluding hydrogens is 577 g/mol. The van der Waals surface area contributed by atoms with E-state index < -0.39 is 12.1 Å². The number of tetrazole rings is 1. The van der Waals surface area contributed by atoms with Crippen molar-refractivity contribution in [3.05, 3.63) is 111 Å². The van der Waals surface area contributed by atoms with Crippen molar-refractivity contribution in [1.29, 1.82) is 0 Å². The van der Waals surface area contributed by atoms with Crippen molar-refractivity contribution < 1.29 is 9.59 Å². The van der Waals surface area contributed by atoms with E-state index in [9.17, 15) is 9.59 Å². The van der Waals surface area contributed by atoms with Gasteiger partial charge >= 0.3 is 6.03 Å². The summed E-state index contributed by atoms with van der Waals surface area (Å²) < 4.78 is 1.49. The lowest BCUT2D eigenvalue weighted by atomic mass is 10.0. The van der Waals surface area contributed by atoms with Gasteiger partial charge in [-0.25, -0.2) is 14.5 Å². The van der Waals surface area contributed by atoms with Crippen molar-refractivity contribution in [2.75, 3.05) is 7.05 Å². The predicted molar refractivity (Wildman–Crippen MR) is 160 cm³/mol. The first kappa shape index (κ1) is 28.8. The third-order valence-electron chi connectivity index (χ3n) is 6.57. The summed E-state index contributed by atoms with van der Waals surface area (Å²) in [5.41, 5.74) is 5.24. The Morgan fingerprint density at radius 1 is 1.05 bits per heavy atom. The van der Waals surface area contributed by atoms with Crippen LogP contribution in [0, 0.1) is 6.92 Å². The summed E-state index contributed by atoms with van der Waals surface area (Å²) in [5.74, 6) is 0.259. The SMILES string of the molecule is CNC(=O)c1cccc(C[C@H](NC(=O)NCc2cc(Cl)ccc2-n2cnnn2)c2nc(-c3ccc(C)cc3)c(Cl)[nH]2)c1. The summed E-state index contributed by atoms with van der Waals surface area (Å²) in [7, 11) is 1.58. The smallest absolute Gasteiger partial charge is 0.315 e. The Balaban J connectivity index is 1.40. The molecular formula is C29H27Cl2N9O2. The van der Waals surface area contributed by atoms with Gasteiger partial charge in [0.1, 0.15) is 23.0 Å². The molecule has 2 aromatic heterocycles. The number of carbonyl (C=O) groups excluding carboxylic acids is 2. The fourth-order valence-corrected chi connectivity index (χ4v) is 4.89. The quantitative estimate of drug-likeness (QED) is 0.190. The molecule has 3 aromatic carbocycles. The second-order valence-corrected chi connectivity index (χ2v) is 10.4. The number of imidazole rings is 1. The number of nitrogens with zero attached hydrogens (tertiary/aromatic N) is 5. The topological polar surface area (TPSA) is 143 Å². The van der Waals surface area contributed by atoms with Gasteiger partial charge in [-0.15, -0.1) is 5.10 Å². The number of nitrogens with one attached hydrogen (secondary N) is 4. The number of hydrogen-bond donors (Lipinski definition) is 4. The van der Waals surface area contributed by atoms with E-state index in [-0.39, 0.29) is 12.5 Å². The van der Waals surface area contributed by atoms with Crippen LogP contribution < -0.4 is 16.0 Å². The average molecular weight is 605 g/mol. The lowest BCUT2D eigenvalue weighted by molar-refractivity contribution is 0.0963. The van der Waals surface area contributed by atoms with Gasteiger partial charge in [-0.2, -0.15) is 0 Å². The Morgan fingerprint density at radius 3 is 2.60 bits per heavy atom. The van der Waals surface area contributed by atoms with Crippen molar-refractivity contribution in [2.45, 2.75) is 25.9 Å². The Bertz CT molecular complexity index is 1700. The van der Waals surface area contributed by atoms with Crippen LogP contribution in [0.4, 0.5) is 4.79 Å². The second-order valence-electron chi connectivity index (χ2n) is 9.54. The summed E-state index contributed by atoms with van der Waals surface area (Å²) >= 11 is 12.8. The Hall–Kier alpha value is -4.74. The number of carbonyl (C=O) groups is 2. The molecule has 0 radical (unpaired) electrons. The Morgan fingerprint density at radius 2 is 1.86 bits per heavy atom. The summed E-state index contributed by atoms with van der Waals surface area (Å²) in [6.07, 6.45) is 1.80. The lowest BCUT2D eigenvalue weighted by Gasteiger charge is -2.18. The largest absolute Gasteiger partial charge is 0.355 e. The van der Waals surface area contributed by atoms with E-state index in [1.807, 2.05) is 37.3 Å². The highest BCUT2D eigenvalue weighted by Gasteiger charge is 2.22. The van der Waals surface area contributed by atoms with Gasteiger partial charge in [-0.3, -0.25) is 4.79 Å². The van der Waals surface area contributed by atoms with E-state index in [4.69, 9.17) is 28.2 Å². The zero-order valence-electron chi connectivity index (χ0n) is 22.7. The van der Waals surface area contributed by atoms with Gasteiger partial charge in [0.15, 0.2) is 0 Å². The van der Waals surface area contributed by atoms with Gasteiger partial charge in [0.2, 0.25) is 0 Å². The normalized spacial score (nSPS) is 11.6. The molecule has 0 saturated heterocycles. The van der Waals surface area contributed by atoms with E-state index in [0.29, 0.717) is 44.9 Å². The molecule has 0 bridgehead atoms. The fraction of sp³-hybridized carbons (Fsp3) is 0.172. The van der Waals surface area contributed by atoms with Crippen molar-refractivity contribution >= 4 is 35.1 Å². The fourth-order valence-electron chi connectivity index (χ4n) is 4.45. The molecule has 1 atom stereocenters. The molecule has 0 spiro atoms. The van der Waals surface area contributed by atoms with Crippen LogP contribution in [0.2, 0.25) is 10.2 Å². The van der Waals surface area contributed by atoms with E-state index in [2.05, 4.69) is 36.5 Å². The summed E-state index contributed by atoms with van der Waals surface area (Å²) in [5, 5.41) is 20.7. The van der Waals surface area contributed by atoms with Crippen LogP contribution in [0.5, 0.6) is 0 Å². The Labute approximate surface area is 251 Å². The highest BCUT2D eigenvalue weighted by Crippen LogP contribution is 2.29. The zero-order valence-corrected chi connectivity index (χ0v) is 24.2. The number of amides is 3. The first-order chi connectivity index (χ1) is 20.3. The predicted octanol–water partition coefficient (Wildman–Crippen LogP) is 4.81. The molecule has 0 aliphatic rings. The number of H-pyrrole nitrogens is 1. The van der Waals surface area contributed by atoms with E-state index in [0.717, 1.165) is 16.7 Å². The van der Waals surface area contributed by atoms with Crippen LogP contribution in [-0.4, -0.2) is 49.2 Å². The highest BCUT2D eigenvalue weighted by atomic mass is 35.5. The summed E-state index contributed by atoms with van der Waals surface area (Å²) in [6, 6.07) is 19.2. The van der Waals surface area contributed by atoms with Crippen LogP contribution in [0.15, 0.2) is 73.1 Å². The Kier molecular flexibility index (Phi) is 8.80. The maximum atomic E-state index is 13.3. The summed E-state index contributed by atoms with van der Waals surface area (Å²) in [4.78, 5) is 33.4. The van der Waals surface area contributed by atoms with Gasteiger partial charge in [-0.05, 0) is 65.2 Å². The molecule has 2 heterocycles. The van der Waals surface area contributed by atoms with Gasteiger partial charge in [0.25, 0.3) is 5.91 Å². The molecule has 0 unspecified atom stereocenters. The first-order valence-electron chi connectivity index (χ1n) is 13.0. The minimum absolute atomic E-state index is 0.147. The molecule has 0 aliphatic carbocycles. The van der Waals surface area contributed by atoms with Gasteiger partial charge in [0.05, 0.1) is 11.7 Å². The maximum Gasteiger partial charge on any atom is 0.315 e. The lowest BCUT2D eigenvalue weighted by Crippen LogP contribution is -2.39. The zero-order chi connectivity index (χ0) is 29.6. The molecule has 214 valence electrons. The summed E-state index contributed by atoms with van der Waals surface area (Å²) in [6.45, 7) is 2.15. The van der Waals surface area contributed by atoms with Crippen molar-refractivity contribution in [2.24, 2.45) is 0 Å². The van der Waals surface area contributed by atoms with E-state index >= 15 is 0 Å². The van der Waals surface area contributed by atoms with Gasteiger partial charge < -0.3 is 20.9 Å². The van der Waals surface area contributed by atoms with Crippen LogP contribution in [-0.2, 0) is 13.0 Å². The molecule has 4 N–H and O–H groups in total. The highest BCUT2D eigenvalue weighted by molar-refractivity contribution is 6.32. The number of benzene rings is 3. The molecule has 3 amide bonds. The molecule has 5 aromatic rings. The minimum atomic E-state index is -0.611. The van der Waals surface area contributed by atoms with E-state index in [1.165, 1.54) is 11.0 Å². The number of rotatable bonds is 9. The second kappa shape index (κ2) is 12.8. The molecule has 0 aliphatic heterocycles. The molecule has 11 nitrogen and oxygen atoms in total. The molecule has 42 heavy (non-hydrogen) atoms. The number of aryl methyl sites for hydroxylation is 1. The standard InChI is InChI=1S/C29H27Cl2N9O2/c1-17-6-8-19(9-7-17)25-26(31)37-27(36-25)23(13-18-4-3-5-20(12-18)28(41)32-2)35-29(42)33-15-21-14-22(30)10-11-24(21)40-16-34-38-39-40/h3-12,14,16,23H,13,15H2,1-2H3,(H,32,41)(H,36,37)(H2,33,35,42)/t23-/m0/s1. The van der Waals surface area contributed by atoms with Gasteiger partial charge in [-0.1, -0.05) is 65.2 Å². The van der Waals surface area contributed by atoms with E-state index in [1.54, 1.807) is 43.4 Å². The van der Waals surface area contributed by atoms with Gasteiger partial charge in [0, 0.05) is 29.7 Å². The number of hydrogen-bond acceptors (Lipinski definition) is 6. The average Bonchev–Trinajstić information content (AvgIpc) is 3.66. The maximum absolute atomic E-state index is 13.3. The van der Waals surface area contributed by atoms with Crippen molar-refractivity contribution in [3.8, 4) is 16.9 Å². The first-order valence-corrected chi connectivity index (χ1v) is 13.8. The number of aromatic amines is 1. The van der Waals surface area contributed by atoms with Crippen molar-refractivity contribution in [3.63, 3.8) is 0 Å². The number of aromatic nitrogens is 6. The number of urea groups is 1. The third kappa shape index (κ3) is 6.76. The van der Waals surface area contributed by atoms with Crippen LogP contribution in [0.25, 0.3) is 16.9 Å². The molecule has 0 saturated carbocycles.